The summed E-state index contributed by atoms with van der Waals surface area (Å²) in [6, 6.07) is 7.11. The Morgan fingerprint density at radius 1 is 1.42 bits per heavy atom. The lowest BCUT2D eigenvalue weighted by molar-refractivity contribution is -0.402. The van der Waals surface area contributed by atoms with Gasteiger partial charge in [0.2, 0.25) is 6.20 Å². The van der Waals surface area contributed by atoms with Crippen molar-refractivity contribution >= 4 is 5.97 Å². The van der Waals surface area contributed by atoms with Crippen molar-refractivity contribution in [1.82, 2.24) is 0 Å². The summed E-state index contributed by atoms with van der Waals surface area (Å²) >= 11 is 0. The van der Waals surface area contributed by atoms with E-state index in [0.29, 0.717) is 18.6 Å². The van der Waals surface area contributed by atoms with Gasteiger partial charge in [-0.1, -0.05) is 19.1 Å². The van der Waals surface area contributed by atoms with Crippen LogP contribution in [0.1, 0.15) is 42.1 Å². The van der Waals surface area contributed by atoms with Gasteiger partial charge in [-0.25, -0.2) is 4.79 Å². The Bertz CT molecular complexity index is 465. The standard InChI is InChI=1S/C14H17NO4/c1-3-19-14(16)13-8-6-12(7-9-13)11(2)5-4-10-15(17)18/h4,6-11H,3,5H2,1-2H3/b10-4+. The minimum atomic E-state index is -0.476. The molecule has 5 heteroatoms. The van der Waals surface area contributed by atoms with Gasteiger partial charge in [0.05, 0.1) is 17.1 Å². The van der Waals surface area contributed by atoms with E-state index < -0.39 is 4.92 Å². The van der Waals surface area contributed by atoms with E-state index in [1.807, 2.05) is 19.1 Å². The Labute approximate surface area is 112 Å². The molecule has 102 valence electrons. The fourth-order valence-electron chi connectivity index (χ4n) is 1.65. The van der Waals surface area contributed by atoms with Crippen molar-refractivity contribution in [2.45, 2.75) is 26.2 Å². The highest BCUT2D eigenvalue weighted by atomic mass is 16.6. The van der Waals surface area contributed by atoms with Crippen molar-refractivity contribution in [1.29, 1.82) is 0 Å². The molecule has 1 aromatic carbocycles. The van der Waals surface area contributed by atoms with Crippen LogP contribution >= 0.6 is 0 Å². The van der Waals surface area contributed by atoms with Crippen LogP contribution in [0.4, 0.5) is 0 Å². The van der Waals surface area contributed by atoms with Crippen LogP contribution in [0.5, 0.6) is 0 Å². The largest absolute Gasteiger partial charge is 0.462 e. The first-order valence-electron chi connectivity index (χ1n) is 6.11. The number of carbonyl (C=O) groups excluding carboxylic acids is 1. The van der Waals surface area contributed by atoms with E-state index in [9.17, 15) is 14.9 Å². The Kier molecular flexibility index (Phi) is 5.73. The third kappa shape index (κ3) is 4.91. The molecule has 0 saturated heterocycles. The zero-order valence-electron chi connectivity index (χ0n) is 11.0. The van der Waals surface area contributed by atoms with Crippen molar-refractivity contribution in [2.75, 3.05) is 6.61 Å². The number of hydrogen-bond acceptors (Lipinski definition) is 4. The fourth-order valence-corrected chi connectivity index (χ4v) is 1.65. The lowest BCUT2D eigenvalue weighted by Gasteiger charge is -2.09. The zero-order valence-corrected chi connectivity index (χ0v) is 11.0. The van der Waals surface area contributed by atoms with Crippen molar-refractivity contribution < 1.29 is 14.5 Å². The molecule has 1 rings (SSSR count). The van der Waals surface area contributed by atoms with Crippen LogP contribution in [-0.4, -0.2) is 17.5 Å². The molecule has 0 spiro atoms. The number of hydrogen-bond donors (Lipinski definition) is 0. The highest BCUT2D eigenvalue weighted by molar-refractivity contribution is 5.89. The van der Waals surface area contributed by atoms with E-state index >= 15 is 0 Å². The maximum absolute atomic E-state index is 11.5. The number of rotatable bonds is 6. The summed E-state index contributed by atoms with van der Waals surface area (Å²) in [6.07, 6.45) is 3.06. The van der Waals surface area contributed by atoms with Gasteiger partial charge in [-0.15, -0.1) is 0 Å². The first-order valence-corrected chi connectivity index (χ1v) is 6.11. The lowest BCUT2D eigenvalue weighted by atomic mass is 9.97. The molecular weight excluding hydrogens is 246 g/mol. The number of nitro groups is 1. The number of allylic oxidation sites excluding steroid dienone is 1. The van der Waals surface area contributed by atoms with Crippen molar-refractivity contribution in [2.24, 2.45) is 0 Å². The molecule has 5 nitrogen and oxygen atoms in total. The monoisotopic (exact) mass is 263 g/mol. The number of esters is 1. The van der Waals surface area contributed by atoms with Gasteiger partial charge in [0.15, 0.2) is 0 Å². The molecule has 0 aliphatic heterocycles. The van der Waals surface area contributed by atoms with Gasteiger partial charge in [0.1, 0.15) is 0 Å². The summed E-state index contributed by atoms with van der Waals surface area (Å²) in [5.74, 6) is -0.178. The van der Waals surface area contributed by atoms with Gasteiger partial charge in [-0.3, -0.25) is 10.1 Å². The van der Waals surface area contributed by atoms with Crippen LogP contribution in [0.25, 0.3) is 0 Å². The molecule has 0 bridgehead atoms. The average molecular weight is 263 g/mol. The third-order valence-electron chi connectivity index (χ3n) is 2.71. The van der Waals surface area contributed by atoms with E-state index in [-0.39, 0.29) is 11.9 Å². The minimum Gasteiger partial charge on any atom is -0.462 e. The molecule has 1 unspecified atom stereocenters. The fraction of sp³-hybridized carbons (Fsp3) is 0.357. The molecular formula is C14H17NO4. The van der Waals surface area contributed by atoms with Crippen LogP contribution in [0.15, 0.2) is 36.5 Å². The Morgan fingerprint density at radius 2 is 2.05 bits per heavy atom. The van der Waals surface area contributed by atoms with E-state index in [2.05, 4.69) is 0 Å². The summed E-state index contributed by atoms with van der Waals surface area (Å²) in [5.41, 5.74) is 1.54. The molecule has 0 amide bonds. The SMILES string of the molecule is CCOC(=O)c1ccc(C(C)C/C=C/[N+](=O)[O-])cc1. The lowest BCUT2D eigenvalue weighted by Crippen LogP contribution is -2.04. The van der Waals surface area contributed by atoms with Crippen molar-refractivity contribution in [3.63, 3.8) is 0 Å². The Morgan fingerprint density at radius 3 is 2.58 bits per heavy atom. The normalized spacial score (nSPS) is 12.3. The molecule has 0 aliphatic carbocycles. The second kappa shape index (κ2) is 7.31. The van der Waals surface area contributed by atoms with Crippen LogP contribution in [-0.2, 0) is 4.74 Å². The van der Waals surface area contributed by atoms with Gasteiger partial charge in [-0.05, 0) is 43.0 Å². The summed E-state index contributed by atoms with van der Waals surface area (Å²) < 4.78 is 4.89. The van der Waals surface area contributed by atoms with E-state index in [0.717, 1.165) is 11.8 Å². The topological polar surface area (TPSA) is 69.4 Å². The number of ether oxygens (including phenoxy) is 1. The Balaban J connectivity index is 2.65. The zero-order chi connectivity index (χ0) is 14.3. The van der Waals surface area contributed by atoms with E-state index in [1.54, 1.807) is 19.1 Å². The van der Waals surface area contributed by atoms with Gasteiger partial charge in [0.25, 0.3) is 0 Å². The Hall–Kier alpha value is -2.17. The molecule has 0 heterocycles. The highest BCUT2D eigenvalue weighted by Gasteiger charge is 2.08. The highest BCUT2D eigenvalue weighted by Crippen LogP contribution is 2.20. The van der Waals surface area contributed by atoms with Gasteiger partial charge >= 0.3 is 5.97 Å². The smallest absolute Gasteiger partial charge is 0.338 e. The van der Waals surface area contributed by atoms with Crippen LogP contribution in [0.3, 0.4) is 0 Å². The molecule has 1 aromatic rings. The summed E-state index contributed by atoms with van der Waals surface area (Å²) in [5, 5.41) is 10.2. The van der Waals surface area contributed by atoms with Gasteiger partial charge in [-0.2, -0.15) is 0 Å². The predicted octanol–water partition coefficient (Wildman–Crippen LogP) is 3.15. The average Bonchev–Trinajstić information content (AvgIpc) is 2.38. The maximum atomic E-state index is 11.5. The minimum absolute atomic E-state index is 0.160. The van der Waals surface area contributed by atoms with Crippen molar-refractivity contribution in [3.8, 4) is 0 Å². The molecule has 0 saturated carbocycles. The van der Waals surface area contributed by atoms with Crippen LogP contribution in [0.2, 0.25) is 0 Å². The third-order valence-corrected chi connectivity index (χ3v) is 2.71. The molecule has 1 atom stereocenters. The first kappa shape index (κ1) is 14.9. The van der Waals surface area contributed by atoms with Gasteiger partial charge < -0.3 is 4.74 Å². The summed E-state index contributed by atoms with van der Waals surface area (Å²) in [7, 11) is 0. The maximum Gasteiger partial charge on any atom is 0.338 e. The number of benzene rings is 1. The van der Waals surface area contributed by atoms with Gasteiger partial charge in [0, 0.05) is 0 Å². The first-order chi connectivity index (χ1) is 9.04. The molecule has 0 radical (unpaired) electrons. The van der Waals surface area contributed by atoms with E-state index in [1.165, 1.54) is 6.08 Å². The molecule has 0 fully saturated rings. The van der Waals surface area contributed by atoms with E-state index in [4.69, 9.17) is 4.74 Å². The number of carbonyl (C=O) groups is 1. The quantitative estimate of drug-likeness (QED) is 0.449. The molecule has 0 aromatic heterocycles. The summed E-state index contributed by atoms with van der Waals surface area (Å²) in [4.78, 5) is 21.2. The van der Waals surface area contributed by atoms with Crippen molar-refractivity contribution in [3.05, 3.63) is 57.8 Å². The van der Waals surface area contributed by atoms with Crippen LogP contribution in [0, 0.1) is 10.1 Å². The summed E-state index contributed by atoms with van der Waals surface area (Å²) in [6.45, 7) is 4.09. The predicted molar refractivity (Wildman–Crippen MR) is 71.6 cm³/mol. The molecule has 0 aliphatic rings. The molecule has 19 heavy (non-hydrogen) atoms. The number of nitrogens with zero attached hydrogens (tertiary/aromatic N) is 1. The molecule has 0 N–H and O–H groups in total. The second-order valence-electron chi connectivity index (χ2n) is 4.15. The second-order valence-corrected chi connectivity index (χ2v) is 4.15. The van der Waals surface area contributed by atoms with Crippen LogP contribution < -0.4 is 0 Å².